The van der Waals surface area contributed by atoms with Crippen LogP contribution in [0.3, 0.4) is 0 Å². The Kier molecular flexibility index (Phi) is 6.60. The largest absolute Gasteiger partial charge is 0.370 e. The van der Waals surface area contributed by atoms with E-state index in [-0.39, 0.29) is 42.2 Å². The number of para-hydroxylation sites is 2. The summed E-state index contributed by atoms with van der Waals surface area (Å²) in [7, 11) is 0. The van der Waals surface area contributed by atoms with Crippen molar-refractivity contribution in [2.75, 3.05) is 5.32 Å². The Balaban J connectivity index is 0.00000220. The van der Waals surface area contributed by atoms with Crippen LogP contribution in [0.1, 0.15) is 5.56 Å². The van der Waals surface area contributed by atoms with Gasteiger partial charge in [-0.2, -0.15) is 0 Å². The number of hydrogen-bond donors (Lipinski definition) is 2. The molecular weight excluding hydrogens is 383 g/mol. The maximum absolute atomic E-state index is 10.9. The van der Waals surface area contributed by atoms with Crippen molar-refractivity contribution in [1.82, 2.24) is 0 Å². The molecule has 0 radical (unpaired) electrons. The number of hydrogen-bond acceptors (Lipinski definition) is 3. The number of nitrogens with two attached hydrogens (primary N) is 1. The van der Waals surface area contributed by atoms with Crippen molar-refractivity contribution in [2.45, 2.75) is 6.54 Å². The molecule has 0 amide bonds. The van der Waals surface area contributed by atoms with Crippen molar-refractivity contribution in [2.24, 2.45) is 10.7 Å². The highest BCUT2D eigenvalue weighted by molar-refractivity contribution is 14.0. The van der Waals surface area contributed by atoms with E-state index in [0.29, 0.717) is 5.56 Å². The Morgan fingerprint density at radius 1 is 1.14 bits per heavy atom. The van der Waals surface area contributed by atoms with Crippen molar-refractivity contribution >= 4 is 41.3 Å². The zero-order valence-corrected chi connectivity index (χ0v) is 13.4. The zero-order chi connectivity index (χ0) is 14.4. The van der Waals surface area contributed by atoms with Crippen LogP contribution in [-0.4, -0.2) is 10.9 Å². The molecule has 0 fully saturated rings. The second kappa shape index (κ2) is 8.20. The van der Waals surface area contributed by atoms with Gasteiger partial charge in [-0.25, -0.2) is 4.99 Å². The lowest BCUT2D eigenvalue weighted by molar-refractivity contribution is -0.385. The van der Waals surface area contributed by atoms with Crippen molar-refractivity contribution in [3.8, 4) is 0 Å². The highest BCUT2D eigenvalue weighted by Crippen LogP contribution is 2.18. The van der Waals surface area contributed by atoms with E-state index < -0.39 is 4.92 Å². The molecule has 2 rings (SSSR count). The first-order valence-corrected chi connectivity index (χ1v) is 6.01. The number of nitrogens with zero attached hydrogens (tertiary/aromatic N) is 2. The first-order valence-electron chi connectivity index (χ1n) is 6.01. The first-order chi connectivity index (χ1) is 9.66. The monoisotopic (exact) mass is 398 g/mol. The molecule has 0 bridgehead atoms. The van der Waals surface area contributed by atoms with Gasteiger partial charge in [-0.05, 0) is 12.1 Å². The lowest BCUT2D eigenvalue weighted by Crippen LogP contribution is -2.22. The molecule has 2 aromatic rings. The fraction of sp³-hybridized carbons (Fsp3) is 0.0714. The minimum absolute atomic E-state index is 0. The van der Waals surface area contributed by atoms with Crippen LogP contribution in [-0.2, 0) is 6.54 Å². The summed E-state index contributed by atoms with van der Waals surface area (Å²) in [6, 6.07) is 15.8. The van der Waals surface area contributed by atoms with Gasteiger partial charge in [0.05, 0.1) is 17.0 Å². The number of guanidine groups is 1. The third-order valence-electron chi connectivity index (χ3n) is 2.65. The molecule has 2 aromatic carbocycles. The topological polar surface area (TPSA) is 93.5 Å². The van der Waals surface area contributed by atoms with Gasteiger partial charge in [-0.15, -0.1) is 24.0 Å². The van der Waals surface area contributed by atoms with Crippen LogP contribution < -0.4 is 11.1 Å². The summed E-state index contributed by atoms with van der Waals surface area (Å²) in [5.41, 5.74) is 7.13. The fourth-order valence-corrected chi connectivity index (χ4v) is 1.70. The number of aliphatic imine (C=N–C) groups is 1. The van der Waals surface area contributed by atoms with Crippen molar-refractivity contribution in [3.63, 3.8) is 0 Å². The maximum atomic E-state index is 10.9. The molecular formula is C14H15IN4O2. The average molecular weight is 398 g/mol. The number of nitrogens with one attached hydrogen (secondary N) is 1. The predicted octanol–water partition coefficient (Wildman–Crippen LogP) is 3.14. The summed E-state index contributed by atoms with van der Waals surface area (Å²) >= 11 is 0. The molecule has 3 N–H and O–H groups in total. The van der Waals surface area contributed by atoms with E-state index in [4.69, 9.17) is 5.73 Å². The van der Waals surface area contributed by atoms with Gasteiger partial charge in [0.1, 0.15) is 0 Å². The Labute approximate surface area is 139 Å². The smallest absolute Gasteiger partial charge is 0.274 e. The second-order valence-electron chi connectivity index (χ2n) is 4.08. The van der Waals surface area contributed by atoms with Crippen LogP contribution in [0.2, 0.25) is 0 Å². The van der Waals surface area contributed by atoms with Crippen LogP contribution in [0.25, 0.3) is 0 Å². The number of anilines is 1. The predicted molar refractivity (Wildman–Crippen MR) is 93.9 cm³/mol. The molecule has 7 heteroatoms. The summed E-state index contributed by atoms with van der Waals surface area (Å²) in [4.78, 5) is 14.6. The second-order valence-corrected chi connectivity index (χ2v) is 4.08. The van der Waals surface area contributed by atoms with E-state index in [0.717, 1.165) is 5.69 Å². The van der Waals surface area contributed by atoms with Crippen LogP contribution in [0.15, 0.2) is 59.6 Å². The highest BCUT2D eigenvalue weighted by atomic mass is 127. The standard InChI is InChI=1S/C14H14N4O2.HI/c15-14(17-12-7-2-1-3-8-12)16-10-11-6-4-5-9-13(11)18(19)20;/h1-9H,10H2,(H3,15,16,17);1H. The lowest BCUT2D eigenvalue weighted by Gasteiger charge is -2.05. The normalized spacial score (nSPS) is 10.6. The van der Waals surface area contributed by atoms with Crippen molar-refractivity contribution in [3.05, 3.63) is 70.3 Å². The van der Waals surface area contributed by atoms with Crippen LogP contribution in [0.4, 0.5) is 11.4 Å². The van der Waals surface area contributed by atoms with Gasteiger partial charge in [0, 0.05) is 11.8 Å². The van der Waals surface area contributed by atoms with Gasteiger partial charge in [0.25, 0.3) is 5.69 Å². The molecule has 0 saturated heterocycles. The van der Waals surface area contributed by atoms with Gasteiger partial charge in [-0.1, -0.05) is 36.4 Å². The summed E-state index contributed by atoms with van der Waals surface area (Å²) in [6.45, 7) is 0.156. The van der Waals surface area contributed by atoms with E-state index in [9.17, 15) is 10.1 Å². The van der Waals surface area contributed by atoms with Gasteiger partial charge in [-0.3, -0.25) is 10.1 Å². The zero-order valence-electron chi connectivity index (χ0n) is 11.1. The van der Waals surface area contributed by atoms with Gasteiger partial charge < -0.3 is 11.1 Å². The number of benzene rings is 2. The van der Waals surface area contributed by atoms with Crippen LogP contribution in [0, 0.1) is 10.1 Å². The third kappa shape index (κ3) is 5.03. The minimum Gasteiger partial charge on any atom is -0.370 e. The number of nitro benzene ring substituents is 1. The molecule has 6 nitrogen and oxygen atoms in total. The quantitative estimate of drug-likeness (QED) is 0.272. The molecule has 0 aliphatic heterocycles. The molecule has 0 aromatic heterocycles. The molecule has 21 heavy (non-hydrogen) atoms. The third-order valence-corrected chi connectivity index (χ3v) is 2.65. The Morgan fingerprint density at radius 3 is 2.43 bits per heavy atom. The molecule has 0 aliphatic rings. The van der Waals surface area contributed by atoms with E-state index in [1.54, 1.807) is 18.2 Å². The summed E-state index contributed by atoms with van der Waals surface area (Å²) < 4.78 is 0. The Bertz CT molecular complexity index is 632. The van der Waals surface area contributed by atoms with E-state index in [1.807, 2.05) is 30.3 Å². The summed E-state index contributed by atoms with van der Waals surface area (Å²) in [5.74, 6) is 0.217. The highest BCUT2D eigenvalue weighted by Gasteiger charge is 2.11. The van der Waals surface area contributed by atoms with E-state index in [1.165, 1.54) is 6.07 Å². The molecule has 0 heterocycles. The summed E-state index contributed by atoms with van der Waals surface area (Å²) in [6.07, 6.45) is 0. The number of rotatable bonds is 4. The fourth-order valence-electron chi connectivity index (χ4n) is 1.70. The van der Waals surface area contributed by atoms with E-state index in [2.05, 4.69) is 10.3 Å². The molecule has 0 saturated carbocycles. The molecule has 0 aliphatic carbocycles. The average Bonchev–Trinajstić information content (AvgIpc) is 2.46. The van der Waals surface area contributed by atoms with Gasteiger partial charge in [0.2, 0.25) is 0 Å². The molecule has 110 valence electrons. The maximum Gasteiger partial charge on any atom is 0.274 e. The SMILES string of the molecule is I.NC(=NCc1ccccc1[N+](=O)[O-])Nc1ccccc1. The van der Waals surface area contributed by atoms with Gasteiger partial charge in [0.15, 0.2) is 5.96 Å². The van der Waals surface area contributed by atoms with Crippen molar-refractivity contribution in [1.29, 1.82) is 0 Å². The van der Waals surface area contributed by atoms with Crippen LogP contribution >= 0.6 is 24.0 Å². The Morgan fingerprint density at radius 2 is 1.76 bits per heavy atom. The molecule has 0 unspecified atom stereocenters. The molecule has 0 atom stereocenters. The lowest BCUT2D eigenvalue weighted by atomic mass is 10.2. The minimum atomic E-state index is -0.425. The number of halogens is 1. The first kappa shape index (κ1) is 16.9. The van der Waals surface area contributed by atoms with Crippen LogP contribution in [0.5, 0.6) is 0 Å². The van der Waals surface area contributed by atoms with Crippen molar-refractivity contribution < 1.29 is 4.92 Å². The van der Waals surface area contributed by atoms with Gasteiger partial charge >= 0.3 is 0 Å². The molecule has 0 spiro atoms. The number of nitro groups is 1. The summed E-state index contributed by atoms with van der Waals surface area (Å²) in [5, 5.41) is 13.8. The Hall–Kier alpha value is -2.16. The van der Waals surface area contributed by atoms with E-state index >= 15 is 0 Å².